The summed E-state index contributed by atoms with van der Waals surface area (Å²) in [6.45, 7) is 13.4. The zero-order valence-corrected chi connectivity index (χ0v) is 11.8. The molecule has 1 amide bonds. The lowest BCUT2D eigenvalue weighted by Gasteiger charge is -2.15. The van der Waals surface area contributed by atoms with Gasteiger partial charge in [0.1, 0.15) is 5.84 Å². The molecule has 0 unspecified atom stereocenters. The Morgan fingerprint density at radius 2 is 1.82 bits per heavy atom. The molecule has 0 atom stereocenters. The minimum absolute atomic E-state index is 0.0955. The van der Waals surface area contributed by atoms with E-state index in [0.717, 1.165) is 5.57 Å². The number of hydrogen-bond donors (Lipinski definition) is 1. The first-order valence-corrected chi connectivity index (χ1v) is 5.98. The Morgan fingerprint density at radius 1 is 1.29 bits per heavy atom. The maximum atomic E-state index is 11.2. The number of amidine groups is 1. The number of amides is 1. The van der Waals surface area contributed by atoms with Gasteiger partial charge < -0.3 is 5.32 Å². The van der Waals surface area contributed by atoms with Crippen molar-refractivity contribution in [1.82, 2.24) is 5.32 Å². The van der Waals surface area contributed by atoms with Gasteiger partial charge in [-0.3, -0.25) is 9.79 Å². The summed E-state index contributed by atoms with van der Waals surface area (Å²) in [6.07, 6.45) is 5.27. The highest BCUT2D eigenvalue weighted by molar-refractivity contribution is 6.17. The van der Waals surface area contributed by atoms with Crippen molar-refractivity contribution in [2.24, 2.45) is 4.99 Å². The summed E-state index contributed by atoms with van der Waals surface area (Å²) >= 11 is 0. The number of carbonyl (C=O) groups excluding carboxylic acids is 1. The fourth-order valence-corrected chi connectivity index (χ4v) is 1.08. The van der Waals surface area contributed by atoms with Crippen molar-refractivity contribution >= 4 is 11.7 Å². The van der Waals surface area contributed by atoms with Gasteiger partial charge in [-0.15, -0.1) is 0 Å². The molecule has 96 valence electrons. The van der Waals surface area contributed by atoms with Crippen molar-refractivity contribution in [3.8, 4) is 0 Å². The zero-order chi connectivity index (χ0) is 13.8. The summed E-state index contributed by atoms with van der Waals surface area (Å²) < 4.78 is 0. The SMILES string of the molecule is C=C/C=C1/C=C(C)C(=O)NC1=NC.CC.CC. The van der Waals surface area contributed by atoms with Gasteiger partial charge in [-0.05, 0) is 13.0 Å². The summed E-state index contributed by atoms with van der Waals surface area (Å²) in [5.74, 6) is 0.498. The van der Waals surface area contributed by atoms with E-state index in [0.29, 0.717) is 11.4 Å². The molecule has 1 aliphatic heterocycles. The minimum Gasteiger partial charge on any atom is -0.307 e. The molecule has 0 spiro atoms. The van der Waals surface area contributed by atoms with Crippen molar-refractivity contribution in [3.63, 3.8) is 0 Å². The lowest BCUT2D eigenvalue weighted by molar-refractivity contribution is -0.116. The molecule has 1 rings (SSSR count). The zero-order valence-electron chi connectivity index (χ0n) is 11.8. The molecule has 0 fully saturated rings. The summed E-state index contributed by atoms with van der Waals surface area (Å²) in [6, 6.07) is 0. The Bertz CT molecular complexity index is 336. The Balaban J connectivity index is 0. The van der Waals surface area contributed by atoms with E-state index in [4.69, 9.17) is 0 Å². The Morgan fingerprint density at radius 3 is 2.24 bits per heavy atom. The highest BCUT2D eigenvalue weighted by atomic mass is 16.1. The van der Waals surface area contributed by atoms with E-state index in [1.807, 2.05) is 33.8 Å². The van der Waals surface area contributed by atoms with Crippen molar-refractivity contribution in [2.45, 2.75) is 34.6 Å². The number of allylic oxidation sites excluding steroid dienone is 2. The molecule has 17 heavy (non-hydrogen) atoms. The van der Waals surface area contributed by atoms with Gasteiger partial charge in [0.25, 0.3) is 5.91 Å². The Kier molecular flexibility index (Phi) is 11.3. The topological polar surface area (TPSA) is 41.5 Å². The highest BCUT2D eigenvalue weighted by Gasteiger charge is 2.16. The number of hydrogen-bond acceptors (Lipinski definition) is 2. The third-order valence-corrected chi connectivity index (χ3v) is 1.76. The van der Waals surface area contributed by atoms with E-state index < -0.39 is 0 Å². The third-order valence-electron chi connectivity index (χ3n) is 1.76. The van der Waals surface area contributed by atoms with Crippen molar-refractivity contribution in [3.05, 3.63) is 36.0 Å². The van der Waals surface area contributed by atoms with E-state index in [-0.39, 0.29) is 5.91 Å². The summed E-state index contributed by atoms with van der Waals surface area (Å²) in [7, 11) is 1.64. The molecule has 0 radical (unpaired) electrons. The second kappa shape index (κ2) is 10.9. The van der Waals surface area contributed by atoms with Crippen LogP contribution in [0.1, 0.15) is 34.6 Å². The van der Waals surface area contributed by atoms with Crippen molar-refractivity contribution in [1.29, 1.82) is 0 Å². The molecule has 0 bridgehead atoms. The van der Waals surface area contributed by atoms with Crippen LogP contribution in [0.2, 0.25) is 0 Å². The molecular formula is C14H24N2O. The second-order valence-electron chi connectivity index (χ2n) is 2.71. The highest BCUT2D eigenvalue weighted by Crippen LogP contribution is 2.10. The van der Waals surface area contributed by atoms with E-state index in [1.54, 1.807) is 26.1 Å². The Labute approximate surface area is 105 Å². The summed E-state index contributed by atoms with van der Waals surface area (Å²) in [5, 5.41) is 2.68. The van der Waals surface area contributed by atoms with Gasteiger partial charge in [0, 0.05) is 18.2 Å². The first-order chi connectivity index (χ1) is 8.19. The predicted molar refractivity (Wildman–Crippen MR) is 76.2 cm³/mol. The molecule has 0 saturated heterocycles. The molecular weight excluding hydrogens is 212 g/mol. The normalized spacial score (nSPS) is 18.2. The lowest BCUT2D eigenvalue weighted by atomic mass is 10.1. The van der Waals surface area contributed by atoms with E-state index in [9.17, 15) is 4.79 Å². The fraction of sp³-hybridized carbons (Fsp3) is 0.429. The molecule has 1 heterocycles. The molecule has 0 saturated carbocycles. The quantitative estimate of drug-likeness (QED) is 0.746. The molecule has 3 nitrogen and oxygen atoms in total. The van der Waals surface area contributed by atoms with Crippen LogP contribution in [0.5, 0.6) is 0 Å². The van der Waals surface area contributed by atoms with Crippen LogP contribution in [-0.2, 0) is 4.79 Å². The molecule has 3 heteroatoms. The molecule has 0 aromatic heterocycles. The summed E-state index contributed by atoms with van der Waals surface area (Å²) in [4.78, 5) is 15.2. The van der Waals surface area contributed by atoms with Gasteiger partial charge in [0.05, 0.1) is 0 Å². The molecule has 0 aromatic carbocycles. The van der Waals surface area contributed by atoms with Crippen LogP contribution in [0, 0.1) is 0 Å². The average Bonchev–Trinajstić information content (AvgIpc) is 2.38. The number of aliphatic imine (C=N–C) groups is 1. The van der Waals surface area contributed by atoms with Gasteiger partial charge in [-0.1, -0.05) is 46.4 Å². The number of rotatable bonds is 1. The van der Waals surface area contributed by atoms with E-state index >= 15 is 0 Å². The van der Waals surface area contributed by atoms with Crippen LogP contribution < -0.4 is 5.32 Å². The van der Waals surface area contributed by atoms with Crippen molar-refractivity contribution in [2.75, 3.05) is 7.05 Å². The van der Waals surface area contributed by atoms with Crippen LogP contribution in [0.4, 0.5) is 0 Å². The van der Waals surface area contributed by atoms with Crippen LogP contribution in [0.3, 0.4) is 0 Å². The van der Waals surface area contributed by atoms with Crippen LogP contribution >= 0.6 is 0 Å². The van der Waals surface area contributed by atoms with Crippen LogP contribution in [-0.4, -0.2) is 18.8 Å². The lowest BCUT2D eigenvalue weighted by Crippen LogP contribution is -2.35. The second-order valence-corrected chi connectivity index (χ2v) is 2.71. The maximum Gasteiger partial charge on any atom is 0.252 e. The maximum absolute atomic E-state index is 11.2. The molecule has 1 aliphatic rings. The number of nitrogens with zero attached hydrogens (tertiary/aromatic N) is 1. The minimum atomic E-state index is -0.0955. The van der Waals surface area contributed by atoms with E-state index in [2.05, 4.69) is 16.9 Å². The fourth-order valence-electron chi connectivity index (χ4n) is 1.08. The summed E-state index contributed by atoms with van der Waals surface area (Å²) in [5.41, 5.74) is 1.56. The van der Waals surface area contributed by atoms with E-state index in [1.165, 1.54) is 0 Å². The van der Waals surface area contributed by atoms with Gasteiger partial charge in [-0.2, -0.15) is 0 Å². The molecule has 0 aliphatic carbocycles. The van der Waals surface area contributed by atoms with Crippen molar-refractivity contribution < 1.29 is 4.79 Å². The largest absolute Gasteiger partial charge is 0.307 e. The van der Waals surface area contributed by atoms with Crippen LogP contribution in [0.15, 0.2) is 40.9 Å². The smallest absolute Gasteiger partial charge is 0.252 e. The molecule has 1 N–H and O–H groups in total. The average molecular weight is 236 g/mol. The predicted octanol–water partition coefficient (Wildman–Crippen LogP) is 3.26. The first-order valence-electron chi connectivity index (χ1n) is 5.98. The standard InChI is InChI=1S/C10H12N2O.2C2H6/c1-4-5-8-6-7(2)10(13)12-9(8)11-3;2*1-2/h4-6H,1H2,2-3H3,(H,11,12,13);2*1-2H3/b8-5-;;. The number of nitrogens with one attached hydrogen (secondary N) is 1. The first kappa shape index (κ1) is 17.7. The Hall–Kier alpha value is -1.64. The van der Waals surface area contributed by atoms with Gasteiger partial charge >= 0.3 is 0 Å². The third kappa shape index (κ3) is 5.85. The van der Waals surface area contributed by atoms with Gasteiger partial charge in [0.2, 0.25) is 0 Å². The molecule has 0 aromatic rings. The van der Waals surface area contributed by atoms with Crippen LogP contribution in [0.25, 0.3) is 0 Å². The number of carbonyl (C=O) groups is 1. The van der Waals surface area contributed by atoms with Gasteiger partial charge in [-0.25, -0.2) is 0 Å². The monoisotopic (exact) mass is 236 g/mol. The van der Waals surface area contributed by atoms with Gasteiger partial charge in [0.15, 0.2) is 0 Å².